The van der Waals surface area contributed by atoms with Gasteiger partial charge in [-0.05, 0) is 25.1 Å². The molecule has 1 N–H and O–H groups in total. The Morgan fingerprint density at radius 1 is 1.29 bits per heavy atom. The van der Waals surface area contributed by atoms with E-state index in [9.17, 15) is 4.79 Å². The quantitative estimate of drug-likeness (QED) is 0.897. The van der Waals surface area contributed by atoms with Crippen LogP contribution in [-0.2, 0) is 4.79 Å². The smallest absolute Gasteiger partial charge is 0.344 e. The van der Waals surface area contributed by atoms with E-state index in [1.807, 2.05) is 0 Å². The molecule has 5 nitrogen and oxygen atoms in total. The Morgan fingerprint density at radius 2 is 2.00 bits per heavy atom. The molecule has 7 heteroatoms. The average molecular weight is 328 g/mol. The minimum Gasteiger partial charge on any atom is -0.479 e. The topological polar surface area (TPSA) is 68.7 Å². The number of halogens is 2. The number of aromatic nitrogens is 1. The summed E-state index contributed by atoms with van der Waals surface area (Å²) in [6, 6.07) is 8.04. The number of hydrogen-bond donors (Lipinski definition) is 1. The number of nitrogens with zero attached hydrogens (tertiary/aromatic N) is 1. The van der Waals surface area contributed by atoms with Gasteiger partial charge in [0.15, 0.2) is 6.10 Å². The molecular weight excluding hydrogens is 317 g/mol. The maximum absolute atomic E-state index is 10.8. The third-order valence-electron chi connectivity index (χ3n) is 2.49. The molecule has 1 aromatic heterocycles. The summed E-state index contributed by atoms with van der Waals surface area (Å²) in [6.07, 6.45) is 0.504. The van der Waals surface area contributed by atoms with Crippen LogP contribution in [0.25, 0.3) is 0 Å². The highest BCUT2D eigenvalue weighted by atomic mass is 35.5. The summed E-state index contributed by atoms with van der Waals surface area (Å²) in [5.74, 6) is -0.129. The van der Waals surface area contributed by atoms with Crippen molar-refractivity contribution in [1.29, 1.82) is 0 Å². The van der Waals surface area contributed by atoms with Crippen LogP contribution < -0.4 is 9.47 Å². The largest absolute Gasteiger partial charge is 0.479 e. The van der Waals surface area contributed by atoms with Gasteiger partial charge >= 0.3 is 5.97 Å². The number of carbonyl (C=O) groups is 1. The summed E-state index contributed by atoms with van der Waals surface area (Å²) >= 11 is 11.9. The molecule has 110 valence electrons. The first kappa shape index (κ1) is 15.4. The number of hydrogen-bond acceptors (Lipinski definition) is 4. The van der Waals surface area contributed by atoms with Gasteiger partial charge < -0.3 is 14.6 Å². The van der Waals surface area contributed by atoms with Crippen LogP contribution >= 0.6 is 23.2 Å². The minimum absolute atomic E-state index is 0.160. The summed E-state index contributed by atoms with van der Waals surface area (Å²) in [5.41, 5.74) is 0. The fourth-order valence-corrected chi connectivity index (χ4v) is 1.74. The predicted octanol–water partition coefficient (Wildman–Crippen LogP) is 4.03. The molecule has 0 radical (unpaired) electrons. The second kappa shape index (κ2) is 6.65. The molecule has 0 saturated heterocycles. The molecule has 0 aliphatic rings. The molecule has 2 rings (SSSR count). The van der Waals surface area contributed by atoms with Gasteiger partial charge in [-0.3, -0.25) is 0 Å². The van der Waals surface area contributed by atoms with Crippen molar-refractivity contribution in [3.8, 4) is 17.4 Å². The van der Waals surface area contributed by atoms with E-state index in [1.54, 1.807) is 30.3 Å². The normalized spacial score (nSPS) is 11.8. The Morgan fingerprint density at radius 3 is 2.71 bits per heavy atom. The van der Waals surface area contributed by atoms with Gasteiger partial charge in [-0.1, -0.05) is 29.3 Å². The van der Waals surface area contributed by atoms with Gasteiger partial charge in [-0.2, -0.15) is 0 Å². The maximum Gasteiger partial charge on any atom is 0.344 e. The summed E-state index contributed by atoms with van der Waals surface area (Å²) < 4.78 is 10.8. The lowest BCUT2D eigenvalue weighted by Gasteiger charge is -2.12. The summed E-state index contributed by atoms with van der Waals surface area (Å²) in [4.78, 5) is 14.7. The summed E-state index contributed by atoms with van der Waals surface area (Å²) in [7, 11) is 0. The van der Waals surface area contributed by atoms with Gasteiger partial charge in [-0.25, -0.2) is 9.78 Å². The number of aliphatic carboxylic acids is 1. The van der Waals surface area contributed by atoms with Crippen molar-refractivity contribution < 1.29 is 19.4 Å². The van der Waals surface area contributed by atoms with E-state index >= 15 is 0 Å². The van der Waals surface area contributed by atoms with Crippen molar-refractivity contribution in [3.05, 3.63) is 46.6 Å². The Labute approximate surface area is 131 Å². The number of pyridine rings is 1. The van der Waals surface area contributed by atoms with E-state index in [0.717, 1.165) is 0 Å². The molecule has 2 aromatic rings. The Kier molecular flexibility index (Phi) is 4.88. The first-order valence-electron chi connectivity index (χ1n) is 5.94. The third kappa shape index (κ3) is 4.00. The standard InChI is InChI=1S/C14H11Cl2NO4/c1-8(14(18)19)20-9-3-2-4-10(7-9)21-13-12(16)11(15)5-6-17-13/h2-8H,1H3,(H,18,19). The first-order valence-corrected chi connectivity index (χ1v) is 6.70. The lowest BCUT2D eigenvalue weighted by Crippen LogP contribution is -2.22. The van der Waals surface area contributed by atoms with Crippen molar-refractivity contribution in [1.82, 2.24) is 4.98 Å². The van der Waals surface area contributed by atoms with Crippen LogP contribution in [0.3, 0.4) is 0 Å². The fourth-order valence-electron chi connectivity index (χ4n) is 1.45. The van der Waals surface area contributed by atoms with Crippen LogP contribution in [0.1, 0.15) is 6.92 Å². The van der Waals surface area contributed by atoms with Crippen LogP contribution in [-0.4, -0.2) is 22.2 Å². The van der Waals surface area contributed by atoms with Gasteiger partial charge in [0, 0.05) is 12.3 Å². The van der Waals surface area contributed by atoms with E-state index in [0.29, 0.717) is 16.5 Å². The number of benzene rings is 1. The van der Waals surface area contributed by atoms with E-state index in [2.05, 4.69) is 4.98 Å². The van der Waals surface area contributed by atoms with Crippen LogP contribution in [0.4, 0.5) is 0 Å². The zero-order valence-corrected chi connectivity index (χ0v) is 12.4. The van der Waals surface area contributed by atoms with Gasteiger partial charge in [0.25, 0.3) is 0 Å². The van der Waals surface area contributed by atoms with Gasteiger partial charge in [-0.15, -0.1) is 0 Å². The molecule has 1 atom stereocenters. The highest BCUT2D eigenvalue weighted by Gasteiger charge is 2.13. The number of carboxylic acid groups (broad SMARTS) is 1. The zero-order valence-electron chi connectivity index (χ0n) is 10.9. The Hall–Kier alpha value is -1.98. The molecule has 0 saturated carbocycles. The summed E-state index contributed by atoms with van der Waals surface area (Å²) in [5, 5.41) is 9.34. The molecule has 0 spiro atoms. The number of ether oxygens (including phenoxy) is 2. The SMILES string of the molecule is CC(Oc1cccc(Oc2nccc(Cl)c2Cl)c1)C(=O)O. The minimum atomic E-state index is -1.05. The van der Waals surface area contributed by atoms with E-state index in [1.165, 1.54) is 13.1 Å². The second-order valence-corrected chi connectivity index (χ2v) is 4.87. The van der Waals surface area contributed by atoms with Gasteiger partial charge in [0.05, 0.1) is 5.02 Å². The van der Waals surface area contributed by atoms with Crippen molar-refractivity contribution in [2.75, 3.05) is 0 Å². The van der Waals surface area contributed by atoms with Crippen molar-refractivity contribution in [3.63, 3.8) is 0 Å². The van der Waals surface area contributed by atoms with Crippen molar-refractivity contribution in [2.45, 2.75) is 13.0 Å². The second-order valence-electron chi connectivity index (χ2n) is 4.09. The Balaban J connectivity index is 2.18. The molecule has 0 aliphatic carbocycles. The highest BCUT2D eigenvalue weighted by Crippen LogP contribution is 2.33. The molecular formula is C14H11Cl2NO4. The van der Waals surface area contributed by atoms with Crippen LogP contribution in [0, 0.1) is 0 Å². The molecule has 0 aliphatic heterocycles. The third-order valence-corrected chi connectivity index (χ3v) is 3.27. The molecule has 0 amide bonds. The van der Waals surface area contributed by atoms with Gasteiger partial charge in [0.1, 0.15) is 16.5 Å². The van der Waals surface area contributed by atoms with E-state index in [4.69, 9.17) is 37.8 Å². The monoisotopic (exact) mass is 327 g/mol. The maximum atomic E-state index is 10.8. The van der Waals surface area contributed by atoms with Crippen LogP contribution in [0.2, 0.25) is 10.0 Å². The van der Waals surface area contributed by atoms with Crippen LogP contribution in [0.5, 0.6) is 17.4 Å². The lowest BCUT2D eigenvalue weighted by atomic mass is 10.3. The number of carboxylic acids is 1. The van der Waals surface area contributed by atoms with Gasteiger partial charge in [0.2, 0.25) is 5.88 Å². The average Bonchev–Trinajstić information content (AvgIpc) is 2.44. The highest BCUT2D eigenvalue weighted by molar-refractivity contribution is 6.42. The lowest BCUT2D eigenvalue weighted by molar-refractivity contribution is -0.144. The van der Waals surface area contributed by atoms with Crippen molar-refractivity contribution >= 4 is 29.2 Å². The summed E-state index contributed by atoms with van der Waals surface area (Å²) in [6.45, 7) is 1.44. The molecule has 1 aromatic carbocycles. The fraction of sp³-hybridized carbons (Fsp3) is 0.143. The predicted molar refractivity (Wildman–Crippen MR) is 78.5 cm³/mol. The van der Waals surface area contributed by atoms with E-state index in [-0.39, 0.29) is 10.9 Å². The molecule has 21 heavy (non-hydrogen) atoms. The molecule has 1 unspecified atom stereocenters. The molecule has 1 heterocycles. The zero-order chi connectivity index (χ0) is 15.4. The molecule has 0 fully saturated rings. The number of rotatable bonds is 5. The van der Waals surface area contributed by atoms with E-state index < -0.39 is 12.1 Å². The Bertz CT molecular complexity index is 663. The first-order chi connectivity index (χ1) is 9.97. The van der Waals surface area contributed by atoms with Crippen molar-refractivity contribution in [2.24, 2.45) is 0 Å². The molecule has 0 bridgehead atoms. The van der Waals surface area contributed by atoms with Crippen LogP contribution in [0.15, 0.2) is 36.5 Å².